The number of hydrogen-bond donors (Lipinski definition) is 2. The quantitative estimate of drug-likeness (QED) is 0.555. The molecule has 1 atom stereocenters. The molecule has 1 aliphatic rings. The van der Waals surface area contributed by atoms with Gasteiger partial charge in [-0.2, -0.15) is 13.2 Å². The van der Waals surface area contributed by atoms with E-state index in [-0.39, 0.29) is 31.7 Å². The lowest BCUT2D eigenvalue weighted by molar-refractivity contribution is -0.137. The first-order valence-electron chi connectivity index (χ1n) is 9.72. The molecule has 0 fully saturated rings. The van der Waals surface area contributed by atoms with E-state index in [1.54, 1.807) is 24.4 Å². The second-order valence-corrected chi connectivity index (χ2v) is 8.31. The Balaban J connectivity index is 2.29. The van der Waals surface area contributed by atoms with Gasteiger partial charge in [-0.25, -0.2) is 4.79 Å². The van der Waals surface area contributed by atoms with Crippen molar-refractivity contribution in [1.29, 1.82) is 0 Å². The summed E-state index contributed by atoms with van der Waals surface area (Å²) in [7, 11) is 0. The molecule has 0 aromatic heterocycles. The summed E-state index contributed by atoms with van der Waals surface area (Å²) in [5.41, 5.74) is 1.32. The highest BCUT2D eigenvalue weighted by atomic mass is 35.5. The fourth-order valence-corrected chi connectivity index (χ4v) is 3.88. The monoisotopic (exact) mass is 446 g/mol. The third-order valence-electron chi connectivity index (χ3n) is 5.22. The van der Waals surface area contributed by atoms with Crippen LogP contribution in [0.15, 0.2) is 30.0 Å². The van der Waals surface area contributed by atoms with Gasteiger partial charge in [-0.1, -0.05) is 37.6 Å². The normalized spacial score (nSPS) is 19.7. The van der Waals surface area contributed by atoms with E-state index in [2.05, 4.69) is 5.32 Å². The van der Waals surface area contributed by atoms with Crippen molar-refractivity contribution in [2.75, 3.05) is 6.54 Å². The molecule has 0 aliphatic carbocycles. The van der Waals surface area contributed by atoms with Crippen molar-refractivity contribution in [2.45, 2.75) is 58.2 Å². The maximum absolute atomic E-state index is 12.6. The van der Waals surface area contributed by atoms with Crippen molar-refractivity contribution in [2.24, 2.45) is 5.92 Å². The van der Waals surface area contributed by atoms with Gasteiger partial charge in [0.1, 0.15) is 0 Å². The molecule has 2 rings (SSSR count). The molecule has 0 unspecified atom stereocenters. The molecule has 1 heterocycles. The molecule has 0 saturated carbocycles. The lowest BCUT2D eigenvalue weighted by Gasteiger charge is -2.42. The molecule has 0 spiro atoms. The number of halogens is 4. The van der Waals surface area contributed by atoms with Gasteiger partial charge in [-0.05, 0) is 48.4 Å². The molecule has 0 radical (unpaired) electrons. The Hall–Kier alpha value is -2.22. The topological polar surface area (TPSA) is 69.6 Å². The Kier molecular flexibility index (Phi) is 7.45. The number of carbonyl (C=O) groups excluding carboxylic acids is 1. The summed E-state index contributed by atoms with van der Waals surface area (Å²) < 4.78 is 37.2. The second kappa shape index (κ2) is 9.29. The summed E-state index contributed by atoms with van der Waals surface area (Å²) in [5, 5.41) is 12.2. The van der Waals surface area contributed by atoms with Crippen molar-refractivity contribution >= 4 is 23.6 Å². The second-order valence-electron chi connectivity index (χ2n) is 7.91. The number of nitrogens with one attached hydrogen (secondary N) is 1. The minimum absolute atomic E-state index is 0.0353. The Morgan fingerprint density at radius 1 is 1.33 bits per heavy atom. The lowest BCUT2D eigenvalue weighted by atomic mass is 9.78. The number of hydrogen-bond acceptors (Lipinski definition) is 2. The van der Waals surface area contributed by atoms with Gasteiger partial charge in [0.2, 0.25) is 0 Å². The molecule has 5 nitrogen and oxygen atoms in total. The van der Waals surface area contributed by atoms with Crippen LogP contribution < -0.4 is 5.32 Å². The number of nitrogens with zero attached hydrogens (tertiary/aromatic N) is 1. The number of benzene rings is 1. The maximum atomic E-state index is 12.6. The third kappa shape index (κ3) is 5.90. The van der Waals surface area contributed by atoms with Crippen LogP contribution in [0.3, 0.4) is 0 Å². The number of alkyl halides is 3. The first-order chi connectivity index (χ1) is 13.8. The Morgan fingerprint density at radius 2 is 2.00 bits per heavy atom. The van der Waals surface area contributed by atoms with Crippen LogP contribution in [0.5, 0.6) is 0 Å². The summed E-state index contributed by atoms with van der Waals surface area (Å²) in [6.45, 7) is 5.81. The highest BCUT2D eigenvalue weighted by Crippen LogP contribution is 2.38. The van der Waals surface area contributed by atoms with E-state index in [0.717, 1.165) is 5.57 Å². The number of amides is 2. The number of urea groups is 1. The average Bonchev–Trinajstić information content (AvgIpc) is 2.60. The smallest absolute Gasteiger partial charge is 0.389 e. The van der Waals surface area contributed by atoms with E-state index in [1.807, 2.05) is 20.8 Å². The van der Waals surface area contributed by atoms with Crippen LogP contribution in [-0.2, 0) is 16.8 Å². The van der Waals surface area contributed by atoms with Gasteiger partial charge in [-0.15, -0.1) is 0 Å². The molecule has 0 saturated heterocycles. The number of rotatable bonds is 8. The predicted octanol–water partition coefficient (Wildman–Crippen LogP) is 5.48. The molecule has 1 aromatic carbocycles. The van der Waals surface area contributed by atoms with E-state index in [1.165, 1.54) is 4.90 Å². The van der Waals surface area contributed by atoms with Crippen LogP contribution in [0.25, 0.3) is 0 Å². The van der Waals surface area contributed by atoms with Crippen molar-refractivity contribution in [3.05, 3.63) is 46.1 Å². The summed E-state index contributed by atoms with van der Waals surface area (Å²) in [6.07, 6.45) is -3.41. The molecule has 30 heavy (non-hydrogen) atoms. The summed E-state index contributed by atoms with van der Waals surface area (Å²) in [5.74, 6) is -0.961. The summed E-state index contributed by atoms with van der Waals surface area (Å²) in [6, 6.07) is 4.71. The van der Waals surface area contributed by atoms with Crippen LogP contribution in [0.4, 0.5) is 18.0 Å². The minimum atomic E-state index is -4.20. The fraction of sp³-hybridized carbons (Fsp3) is 0.524. The highest BCUT2D eigenvalue weighted by molar-refractivity contribution is 6.31. The van der Waals surface area contributed by atoms with Gasteiger partial charge in [0.05, 0.1) is 12.0 Å². The van der Waals surface area contributed by atoms with Crippen molar-refractivity contribution < 1.29 is 27.9 Å². The molecular formula is C21H26ClF3N2O3. The van der Waals surface area contributed by atoms with E-state index < -0.39 is 30.1 Å². The van der Waals surface area contributed by atoms with E-state index in [0.29, 0.717) is 16.1 Å². The van der Waals surface area contributed by atoms with Crippen molar-refractivity contribution in [3.63, 3.8) is 0 Å². The first kappa shape index (κ1) is 24.1. The molecular weight excluding hydrogens is 421 g/mol. The average molecular weight is 447 g/mol. The zero-order valence-electron chi connectivity index (χ0n) is 17.1. The van der Waals surface area contributed by atoms with Crippen LogP contribution in [0.2, 0.25) is 5.02 Å². The van der Waals surface area contributed by atoms with Gasteiger partial charge >= 0.3 is 18.2 Å². The zero-order valence-corrected chi connectivity index (χ0v) is 17.9. The molecule has 2 amide bonds. The number of carboxylic acids is 1. The standard InChI is InChI=1S/C21H26ClF3N2O3/c1-13(2)16-12-27(10-8-18(28)29)19(30)26-20(16,3)15-7-6-14(17(22)11-15)5-4-9-21(23,24)25/h6-7,11-13H,4-5,8-10H2,1-3H3,(H,26,30)(H,28,29)/t20-/m0/s1. The number of aryl methyl sites for hydroxylation is 1. The van der Waals surface area contributed by atoms with Gasteiger partial charge in [0.25, 0.3) is 0 Å². The Bertz CT molecular complexity index is 839. The zero-order chi connectivity index (χ0) is 22.7. The summed E-state index contributed by atoms with van der Waals surface area (Å²) >= 11 is 6.35. The molecule has 166 valence electrons. The molecule has 1 aliphatic heterocycles. The molecule has 2 N–H and O–H groups in total. The third-order valence-corrected chi connectivity index (χ3v) is 5.57. The predicted molar refractivity (Wildman–Crippen MR) is 108 cm³/mol. The Labute approximate surface area is 178 Å². The van der Waals surface area contributed by atoms with Crippen LogP contribution >= 0.6 is 11.6 Å². The first-order valence-corrected chi connectivity index (χ1v) is 10.1. The molecule has 1 aromatic rings. The van der Waals surface area contributed by atoms with Gasteiger partial charge in [0, 0.05) is 24.2 Å². The highest BCUT2D eigenvalue weighted by Gasteiger charge is 2.39. The van der Waals surface area contributed by atoms with Gasteiger partial charge in [-0.3, -0.25) is 4.79 Å². The fourth-order valence-electron chi connectivity index (χ4n) is 3.60. The van der Waals surface area contributed by atoms with Crippen molar-refractivity contribution in [1.82, 2.24) is 10.2 Å². The minimum Gasteiger partial charge on any atom is -0.481 e. The molecule has 9 heteroatoms. The largest absolute Gasteiger partial charge is 0.481 e. The van der Waals surface area contributed by atoms with Crippen LogP contribution in [-0.4, -0.2) is 34.7 Å². The van der Waals surface area contributed by atoms with Crippen LogP contribution in [0.1, 0.15) is 51.2 Å². The van der Waals surface area contributed by atoms with E-state index in [9.17, 15) is 22.8 Å². The number of carboxylic acid groups (broad SMARTS) is 1. The Morgan fingerprint density at radius 3 is 2.53 bits per heavy atom. The maximum Gasteiger partial charge on any atom is 0.389 e. The van der Waals surface area contributed by atoms with Crippen LogP contribution in [0, 0.1) is 5.92 Å². The summed E-state index contributed by atoms with van der Waals surface area (Å²) in [4.78, 5) is 24.8. The molecule has 0 bridgehead atoms. The van der Waals surface area contributed by atoms with E-state index >= 15 is 0 Å². The number of carbonyl (C=O) groups is 2. The van der Waals surface area contributed by atoms with E-state index in [4.69, 9.17) is 16.7 Å². The van der Waals surface area contributed by atoms with Gasteiger partial charge in [0.15, 0.2) is 0 Å². The SMILES string of the molecule is CC(C)C1=CN(CCC(=O)O)C(=O)N[C@@]1(C)c1ccc(CCCC(F)(F)F)c(Cl)c1. The number of aliphatic carboxylic acids is 1. The van der Waals surface area contributed by atoms with Crippen molar-refractivity contribution in [3.8, 4) is 0 Å². The lowest BCUT2D eigenvalue weighted by Crippen LogP contribution is -2.55. The van der Waals surface area contributed by atoms with Gasteiger partial charge < -0.3 is 15.3 Å².